The second-order valence-electron chi connectivity index (χ2n) is 5.80. The molecule has 3 heteroatoms. The molecule has 0 bridgehead atoms. The molecular formula is C20H21NO2. The zero-order chi connectivity index (χ0) is 16.1. The van der Waals surface area contributed by atoms with Crippen LogP contribution in [-0.4, -0.2) is 30.5 Å². The Morgan fingerprint density at radius 2 is 1.87 bits per heavy atom. The van der Waals surface area contributed by atoms with Gasteiger partial charge in [-0.25, -0.2) is 0 Å². The van der Waals surface area contributed by atoms with E-state index < -0.39 is 0 Å². The quantitative estimate of drug-likeness (QED) is 0.811. The van der Waals surface area contributed by atoms with Crippen molar-refractivity contribution in [2.24, 2.45) is 0 Å². The fourth-order valence-corrected chi connectivity index (χ4v) is 2.67. The molecule has 2 aromatic carbocycles. The van der Waals surface area contributed by atoms with E-state index in [2.05, 4.69) is 6.92 Å². The number of rotatable bonds is 3. The van der Waals surface area contributed by atoms with E-state index in [9.17, 15) is 4.79 Å². The van der Waals surface area contributed by atoms with E-state index >= 15 is 0 Å². The van der Waals surface area contributed by atoms with E-state index in [1.54, 1.807) is 6.08 Å². The summed E-state index contributed by atoms with van der Waals surface area (Å²) in [5, 5.41) is 0. The third-order valence-corrected chi connectivity index (χ3v) is 4.05. The summed E-state index contributed by atoms with van der Waals surface area (Å²) in [5.74, 6) is 0.0369. The monoisotopic (exact) mass is 307 g/mol. The number of hydrogen-bond acceptors (Lipinski definition) is 2. The molecule has 0 aliphatic carbocycles. The normalized spacial score (nSPS) is 18.3. The van der Waals surface area contributed by atoms with Crippen LogP contribution >= 0.6 is 0 Å². The molecule has 1 unspecified atom stereocenters. The van der Waals surface area contributed by atoms with Crippen molar-refractivity contribution >= 4 is 12.0 Å². The van der Waals surface area contributed by atoms with Crippen molar-refractivity contribution < 1.29 is 9.53 Å². The molecule has 0 aromatic heterocycles. The predicted molar refractivity (Wildman–Crippen MR) is 91.9 cm³/mol. The molecule has 1 saturated heterocycles. The van der Waals surface area contributed by atoms with E-state index in [1.165, 1.54) is 5.56 Å². The molecule has 1 aliphatic heterocycles. The second kappa shape index (κ2) is 7.25. The highest BCUT2D eigenvalue weighted by molar-refractivity contribution is 5.91. The number of morpholine rings is 1. The third kappa shape index (κ3) is 4.08. The smallest absolute Gasteiger partial charge is 0.246 e. The number of nitrogens with zero attached hydrogens (tertiary/aromatic N) is 1. The molecule has 3 nitrogen and oxygen atoms in total. The Labute approximate surface area is 137 Å². The summed E-state index contributed by atoms with van der Waals surface area (Å²) in [6.45, 7) is 3.86. The Morgan fingerprint density at radius 3 is 2.61 bits per heavy atom. The van der Waals surface area contributed by atoms with E-state index in [1.807, 2.05) is 65.6 Å². The molecular weight excluding hydrogens is 286 g/mol. The molecule has 118 valence electrons. The molecule has 1 fully saturated rings. The maximum absolute atomic E-state index is 12.4. The second-order valence-corrected chi connectivity index (χ2v) is 5.80. The lowest BCUT2D eigenvalue weighted by Gasteiger charge is -2.32. The van der Waals surface area contributed by atoms with Crippen LogP contribution in [0.4, 0.5) is 0 Å². The molecule has 0 N–H and O–H groups in total. The van der Waals surface area contributed by atoms with Gasteiger partial charge in [-0.3, -0.25) is 4.79 Å². The van der Waals surface area contributed by atoms with E-state index in [4.69, 9.17) is 4.74 Å². The van der Waals surface area contributed by atoms with Crippen LogP contribution in [0.15, 0.2) is 60.7 Å². The van der Waals surface area contributed by atoms with Gasteiger partial charge in [0.2, 0.25) is 5.91 Å². The lowest BCUT2D eigenvalue weighted by molar-refractivity contribution is -0.133. The maximum atomic E-state index is 12.4. The minimum Gasteiger partial charge on any atom is -0.370 e. The number of benzene rings is 2. The number of hydrogen-bond donors (Lipinski definition) is 0. The molecule has 1 aliphatic rings. The fraction of sp³-hybridized carbons (Fsp3) is 0.250. The van der Waals surface area contributed by atoms with Gasteiger partial charge in [-0.05, 0) is 24.1 Å². The Kier molecular flexibility index (Phi) is 4.89. The summed E-state index contributed by atoms with van der Waals surface area (Å²) in [7, 11) is 0. The van der Waals surface area contributed by atoms with Gasteiger partial charge in [0, 0.05) is 12.6 Å². The summed E-state index contributed by atoms with van der Waals surface area (Å²) >= 11 is 0. The maximum Gasteiger partial charge on any atom is 0.246 e. The minimum atomic E-state index is -0.0401. The molecule has 0 saturated carbocycles. The van der Waals surface area contributed by atoms with E-state index in [-0.39, 0.29) is 12.0 Å². The van der Waals surface area contributed by atoms with Crippen molar-refractivity contribution in [1.82, 2.24) is 4.90 Å². The molecule has 1 heterocycles. The summed E-state index contributed by atoms with van der Waals surface area (Å²) in [6.07, 6.45) is 3.48. The van der Waals surface area contributed by atoms with Crippen molar-refractivity contribution in [2.75, 3.05) is 19.7 Å². The minimum absolute atomic E-state index is 0.0369. The van der Waals surface area contributed by atoms with Crippen LogP contribution in [0.1, 0.15) is 22.8 Å². The van der Waals surface area contributed by atoms with Gasteiger partial charge in [-0.15, -0.1) is 0 Å². The number of carbonyl (C=O) groups excluding carboxylic acids is 1. The average Bonchev–Trinajstić information content (AvgIpc) is 2.62. The predicted octanol–water partition coefficient (Wildman–Crippen LogP) is 3.61. The van der Waals surface area contributed by atoms with Gasteiger partial charge in [0.25, 0.3) is 0 Å². The Balaban J connectivity index is 1.64. The molecule has 3 rings (SSSR count). The van der Waals surface area contributed by atoms with Crippen LogP contribution in [0, 0.1) is 6.92 Å². The summed E-state index contributed by atoms with van der Waals surface area (Å²) in [6, 6.07) is 18.2. The highest BCUT2D eigenvalue weighted by Crippen LogP contribution is 2.22. The molecule has 1 amide bonds. The third-order valence-electron chi connectivity index (χ3n) is 4.05. The summed E-state index contributed by atoms with van der Waals surface area (Å²) in [4.78, 5) is 14.3. The first kappa shape index (κ1) is 15.5. The molecule has 2 aromatic rings. The Morgan fingerprint density at radius 1 is 1.13 bits per heavy atom. The van der Waals surface area contributed by atoms with E-state index in [0.717, 1.165) is 11.1 Å². The fourth-order valence-electron chi connectivity index (χ4n) is 2.67. The Hall–Kier alpha value is -2.39. The van der Waals surface area contributed by atoms with E-state index in [0.29, 0.717) is 19.7 Å². The zero-order valence-electron chi connectivity index (χ0n) is 13.3. The Bertz CT molecular complexity index is 677. The van der Waals surface area contributed by atoms with Gasteiger partial charge in [0.15, 0.2) is 0 Å². The highest BCUT2D eigenvalue weighted by atomic mass is 16.5. The van der Waals surface area contributed by atoms with Crippen LogP contribution in [0.5, 0.6) is 0 Å². The number of amides is 1. The van der Waals surface area contributed by atoms with Crippen molar-refractivity contribution in [3.63, 3.8) is 0 Å². The number of carbonyl (C=O) groups is 1. The highest BCUT2D eigenvalue weighted by Gasteiger charge is 2.23. The summed E-state index contributed by atoms with van der Waals surface area (Å²) < 4.78 is 5.80. The summed E-state index contributed by atoms with van der Waals surface area (Å²) in [5.41, 5.74) is 3.37. The van der Waals surface area contributed by atoms with Gasteiger partial charge >= 0.3 is 0 Å². The first-order chi connectivity index (χ1) is 11.2. The lowest BCUT2D eigenvalue weighted by Crippen LogP contribution is -2.41. The molecule has 1 atom stereocenters. The van der Waals surface area contributed by atoms with Gasteiger partial charge in [-0.1, -0.05) is 60.2 Å². The van der Waals surface area contributed by atoms with Crippen LogP contribution in [0.3, 0.4) is 0 Å². The largest absolute Gasteiger partial charge is 0.370 e. The van der Waals surface area contributed by atoms with Crippen LogP contribution in [0.2, 0.25) is 0 Å². The molecule has 23 heavy (non-hydrogen) atoms. The molecule has 0 spiro atoms. The van der Waals surface area contributed by atoms with Gasteiger partial charge in [0.1, 0.15) is 6.10 Å². The van der Waals surface area contributed by atoms with Crippen molar-refractivity contribution in [3.8, 4) is 0 Å². The van der Waals surface area contributed by atoms with Gasteiger partial charge < -0.3 is 9.64 Å². The van der Waals surface area contributed by atoms with Crippen LogP contribution in [-0.2, 0) is 9.53 Å². The van der Waals surface area contributed by atoms with Gasteiger partial charge in [-0.2, -0.15) is 0 Å². The van der Waals surface area contributed by atoms with Crippen LogP contribution < -0.4 is 0 Å². The standard InChI is InChI=1S/C20H21NO2/c1-16-7-9-17(10-8-16)11-12-20(22)21-13-14-23-19(15-21)18-5-3-2-4-6-18/h2-12,19H,13-15H2,1H3/b12-11+. The topological polar surface area (TPSA) is 29.5 Å². The van der Waals surface area contributed by atoms with Crippen LogP contribution in [0.25, 0.3) is 6.08 Å². The first-order valence-electron chi connectivity index (χ1n) is 7.92. The zero-order valence-corrected chi connectivity index (χ0v) is 13.3. The lowest BCUT2D eigenvalue weighted by atomic mass is 10.1. The van der Waals surface area contributed by atoms with Gasteiger partial charge in [0.05, 0.1) is 13.2 Å². The molecule has 0 radical (unpaired) electrons. The first-order valence-corrected chi connectivity index (χ1v) is 7.92. The number of ether oxygens (including phenoxy) is 1. The average molecular weight is 307 g/mol. The van der Waals surface area contributed by atoms with Crippen molar-refractivity contribution in [2.45, 2.75) is 13.0 Å². The van der Waals surface area contributed by atoms with Crippen molar-refractivity contribution in [3.05, 3.63) is 77.4 Å². The SMILES string of the molecule is Cc1ccc(/C=C/C(=O)N2CCOC(c3ccccc3)C2)cc1. The number of aryl methyl sites for hydroxylation is 1. The van der Waals surface area contributed by atoms with Crippen molar-refractivity contribution in [1.29, 1.82) is 0 Å².